The zero-order valence-electron chi connectivity index (χ0n) is 9.40. The summed E-state index contributed by atoms with van der Waals surface area (Å²) in [5, 5.41) is 4.52. The third kappa shape index (κ3) is 2.04. The molecular formula is C10H12ClN5. The minimum Gasteiger partial charge on any atom is -0.216 e. The van der Waals surface area contributed by atoms with Crippen LogP contribution in [0.1, 0.15) is 24.1 Å². The zero-order valence-corrected chi connectivity index (χ0v) is 10.2. The van der Waals surface area contributed by atoms with Crippen molar-refractivity contribution >= 4 is 11.6 Å². The summed E-state index contributed by atoms with van der Waals surface area (Å²) in [5.41, 5.74) is 1.76. The molecule has 2 aromatic heterocycles. The van der Waals surface area contributed by atoms with Crippen molar-refractivity contribution in [3.05, 3.63) is 28.6 Å². The molecule has 5 nitrogen and oxygen atoms in total. The summed E-state index contributed by atoms with van der Waals surface area (Å²) >= 11 is 5.97. The van der Waals surface area contributed by atoms with Crippen LogP contribution in [-0.2, 0) is 6.42 Å². The molecule has 0 saturated heterocycles. The Labute approximate surface area is 98.5 Å². The van der Waals surface area contributed by atoms with E-state index in [1.165, 1.54) is 4.68 Å². The number of aryl methyl sites for hydroxylation is 3. The molecule has 0 radical (unpaired) electrons. The van der Waals surface area contributed by atoms with Crippen molar-refractivity contribution in [2.45, 2.75) is 27.2 Å². The van der Waals surface area contributed by atoms with Crippen LogP contribution in [0.25, 0.3) is 5.95 Å². The number of rotatable bonds is 2. The maximum atomic E-state index is 5.97. The molecule has 0 fully saturated rings. The van der Waals surface area contributed by atoms with E-state index in [9.17, 15) is 0 Å². The van der Waals surface area contributed by atoms with Crippen LogP contribution in [-0.4, -0.2) is 24.7 Å². The van der Waals surface area contributed by atoms with Gasteiger partial charge in [0.1, 0.15) is 0 Å². The molecule has 16 heavy (non-hydrogen) atoms. The van der Waals surface area contributed by atoms with Crippen molar-refractivity contribution in [3.8, 4) is 5.95 Å². The highest BCUT2D eigenvalue weighted by Crippen LogP contribution is 2.11. The standard InChI is InChI=1S/C10H12ClN5/c1-4-8-14-9(11)16(15-8)10-12-6(2)5-7(3)13-10/h5H,4H2,1-3H3. The second-order valence-corrected chi connectivity index (χ2v) is 3.85. The number of halogens is 1. The molecule has 0 aliphatic rings. The van der Waals surface area contributed by atoms with E-state index in [0.717, 1.165) is 17.8 Å². The first-order chi connectivity index (χ1) is 7.60. The monoisotopic (exact) mass is 237 g/mol. The van der Waals surface area contributed by atoms with Crippen molar-refractivity contribution < 1.29 is 0 Å². The first-order valence-corrected chi connectivity index (χ1v) is 5.42. The lowest BCUT2D eigenvalue weighted by molar-refractivity contribution is 0.774. The fraction of sp³-hybridized carbons (Fsp3) is 0.400. The van der Waals surface area contributed by atoms with Crippen LogP contribution in [0.4, 0.5) is 0 Å². The Morgan fingerprint density at radius 1 is 1.19 bits per heavy atom. The van der Waals surface area contributed by atoms with Crippen molar-refractivity contribution in [1.82, 2.24) is 24.7 Å². The molecule has 2 aromatic rings. The molecule has 2 heterocycles. The summed E-state index contributed by atoms with van der Waals surface area (Å²) in [4.78, 5) is 12.7. The molecule has 2 rings (SSSR count). The molecule has 0 saturated carbocycles. The summed E-state index contributed by atoms with van der Waals surface area (Å²) in [6, 6.07) is 1.90. The Bertz CT molecular complexity index is 500. The van der Waals surface area contributed by atoms with E-state index < -0.39 is 0 Å². The van der Waals surface area contributed by atoms with Gasteiger partial charge < -0.3 is 0 Å². The molecule has 6 heteroatoms. The Morgan fingerprint density at radius 3 is 2.31 bits per heavy atom. The SMILES string of the molecule is CCc1nc(Cl)n(-c2nc(C)cc(C)n2)n1. The van der Waals surface area contributed by atoms with Crippen LogP contribution in [0.2, 0.25) is 5.28 Å². The van der Waals surface area contributed by atoms with Gasteiger partial charge in [-0.15, -0.1) is 5.10 Å². The molecule has 0 unspecified atom stereocenters. The van der Waals surface area contributed by atoms with E-state index in [4.69, 9.17) is 11.6 Å². The highest BCUT2D eigenvalue weighted by molar-refractivity contribution is 6.28. The molecule has 0 atom stereocenters. The number of hydrogen-bond donors (Lipinski definition) is 0. The van der Waals surface area contributed by atoms with E-state index in [0.29, 0.717) is 17.1 Å². The highest BCUT2D eigenvalue weighted by atomic mass is 35.5. The predicted octanol–water partition coefficient (Wildman–Crippen LogP) is 1.89. The lowest BCUT2D eigenvalue weighted by Crippen LogP contribution is -2.05. The molecule has 0 N–H and O–H groups in total. The predicted molar refractivity (Wildman–Crippen MR) is 60.8 cm³/mol. The number of hydrogen-bond acceptors (Lipinski definition) is 4. The smallest absolute Gasteiger partial charge is 0.216 e. The molecule has 0 spiro atoms. The van der Waals surface area contributed by atoms with Crippen molar-refractivity contribution in [1.29, 1.82) is 0 Å². The average molecular weight is 238 g/mol. The molecule has 0 aromatic carbocycles. The normalized spacial score (nSPS) is 10.8. The third-order valence-corrected chi connectivity index (χ3v) is 2.33. The van der Waals surface area contributed by atoms with Crippen LogP contribution in [0.3, 0.4) is 0 Å². The topological polar surface area (TPSA) is 56.5 Å². The highest BCUT2D eigenvalue weighted by Gasteiger charge is 2.11. The van der Waals surface area contributed by atoms with Gasteiger partial charge in [0.15, 0.2) is 5.82 Å². The average Bonchev–Trinajstić information content (AvgIpc) is 2.58. The number of aromatic nitrogens is 5. The van der Waals surface area contributed by atoms with Gasteiger partial charge in [0, 0.05) is 17.8 Å². The Hall–Kier alpha value is -1.49. The van der Waals surface area contributed by atoms with Crippen molar-refractivity contribution in [2.75, 3.05) is 0 Å². The van der Waals surface area contributed by atoms with Crippen LogP contribution < -0.4 is 0 Å². The molecule has 0 amide bonds. The fourth-order valence-corrected chi connectivity index (χ4v) is 1.62. The maximum Gasteiger partial charge on any atom is 0.253 e. The molecule has 84 valence electrons. The minimum absolute atomic E-state index is 0.293. The summed E-state index contributed by atoms with van der Waals surface area (Å²) in [7, 11) is 0. The van der Waals surface area contributed by atoms with E-state index in [-0.39, 0.29) is 0 Å². The summed E-state index contributed by atoms with van der Waals surface area (Å²) < 4.78 is 1.46. The van der Waals surface area contributed by atoms with E-state index >= 15 is 0 Å². The second kappa shape index (κ2) is 4.17. The summed E-state index contributed by atoms with van der Waals surface area (Å²) in [6.07, 6.45) is 0.734. The van der Waals surface area contributed by atoms with Gasteiger partial charge in [-0.3, -0.25) is 0 Å². The third-order valence-electron chi connectivity index (χ3n) is 2.09. The summed E-state index contributed by atoms with van der Waals surface area (Å²) in [6.45, 7) is 5.78. The van der Waals surface area contributed by atoms with Gasteiger partial charge in [0.2, 0.25) is 5.28 Å². The van der Waals surface area contributed by atoms with Gasteiger partial charge in [0.25, 0.3) is 5.95 Å². The van der Waals surface area contributed by atoms with Crippen LogP contribution in [0, 0.1) is 13.8 Å². The lowest BCUT2D eigenvalue weighted by Gasteiger charge is -2.02. The van der Waals surface area contributed by atoms with Gasteiger partial charge in [-0.25, -0.2) is 15.0 Å². The Kier molecular flexibility index (Phi) is 2.87. The van der Waals surface area contributed by atoms with Crippen LogP contribution in [0.15, 0.2) is 6.07 Å². The zero-order chi connectivity index (χ0) is 11.7. The Morgan fingerprint density at radius 2 is 1.81 bits per heavy atom. The van der Waals surface area contributed by atoms with Gasteiger partial charge in [-0.2, -0.15) is 4.68 Å². The largest absolute Gasteiger partial charge is 0.253 e. The van der Waals surface area contributed by atoms with Gasteiger partial charge in [-0.05, 0) is 31.5 Å². The fourth-order valence-electron chi connectivity index (χ4n) is 1.41. The molecule has 0 aliphatic carbocycles. The van der Waals surface area contributed by atoms with Crippen LogP contribution >= 0.6 is 11.6 Å². The second-order valence-electron chi connectivity index (χ2n) is 3.51. The van der Waals surface area contributed by atoms with E-state index in [1.54, 1.807) is 0 Å². The quantitative estimate of drug-likeness (QED) is 0.801. The first kappa shape index (κ1) is 11.0. The van der Waals surface area contributed by atoms with Gasteiger partial charge >= 0.3 is 0 Å². The van der Waals surface area contributed by atoms with Gasteiger partial charge in [-0.1, -0.05) is 6.92 Å². The maximum absolute atomic E-state index is 5.97. The molecule has 0 aliphatic heterocycles. The van der Waals surface area contributed by atoms with Crippen molar-refractivity contribution in [2.24, 2.45) is 0 Å². The molecule has 0 bridgehead atoms. The summed E-state index contributed by atoms with van der Waals surface area (Å²) in [5.74, 6) is 1.16. The first-order valence-electron chi connectivity index (χ1n) is 5.04. The number of nitrogens with zero attached hydrogens (tertiary/aromatic N) is 5. The lowest BCUT2D eigenvalue weighted by atomic mass is 10.4. The molecular weight excluding hydrogens is 226 g/mol. The van der Waals surface area contributed by atoms with Crippen LogP contribution in [0.5, 0.6) is 0 Å². The van der Waals surface area contributed by atoms with Gasteiger partial charge in [0.05, 0.1) is 0 Å². The minimum atomic E-state index is 0.293. The van der Waals surface area contributed by atoms with E-state index in [2.05, 4.69) is 20.1 Å². The van der Waals surface area contributed by atoms with Crippen molar-refractivity contribution in [3.63, 3.8) is 0 Å². The van der Waals surface area contributed by atoms with E-state index in [1.807, 2.05) is 26.8 Å². The Balaban J connectivity index is 2.53.